The maximum Gasteiger partial charge on any atom is 0.0774 e. The van der Waals surface area contributed by atoms with Crippen LogP contribution >= 0.6 is 0 Å². The van der Waals surface area contributed by atoms with Gasteiger partial charge in [0.15, 0.2) is 0 Å². The van der Waals surface area contributed by atoms with Gasteiger partial charge in [-0.25, -0.2) is 0 Å². The summed E-state index contributed by atoms with van der Waals surface area (Å²) in [6.07, 6.45) is 1.92. The molecular formula is C11H14N2. The molecule has 0 N–H and O–H groups in total. The first kappa shape index (κ1) is 8.30. The van der Waals surface area contributed by atoms with E-state index in [9.17, 15) is 0 Å². The van der Waals surface area contributed by atoms with Crippen molar-refractivity contribution in [2.45, 2.75) is 19.4 Å². The Bertz CT molecular complexity index is 353. The molecule has 0 spiro atoms. The molecule has 0 unspecified atom stereocenters. The molecule has 68 valence electrons. The summed E-state index contributed by atoms with van der Waals surface area (Å²) in [7, 11) is 2.01. The molecule has 1 aromatic rings. The Kier molecular flexibility index (Phi) is 1.65. The number of fused-ring (bicyclic) bond motifs is 1. The molecule has 13 heavy (non-hydrogen) atoms. The van der Waals surface area contributed by atoms with Crippen LogP contribution in [0.25, 0.3) is 0 Å². The zero-order valence-electron chi connectivity index (χ0n) is 8.28. The lowest BCUT2D eigenvalue weighted by Gasteiger charge is -2.37. The van der Waals surface area contributed by atoms with E-state index >= 15 is 0 Å². The summed E-state index contributed by atoms with van der Waals surface area (Å²) < 4.78 is 0. The number of hydrogen-bond acceptors (Lipinski definition) is 2. The Morgan fingerprint density at radius 3 is 2.69 bits per heavy atom. The minimum Gasteiger partial charge on any atom is -0.290 e. The van der Waals surface area contributed by atoms with Crippen molar-refractivity contribution in [3.8, 4) is 0 Å². The van der Waals surface area contributed by atoms with Gasteiger partial charge in [-0.15, -0.1) is 0 Å². The normalized spacial score (nSPS) is 18.5. The van der Waals surface area contributed by atoms with Crippen LogP contribution < -0.4 is 0 Å². The van der Waals surface area contributed by atoms with Gasteiger partial charge in [0.2, 0.25) is 0 Å². The van der Waals surface area contributed by atoms with E-state index in [1.807, 2.05) is 24.3 Å². The molecule has 1 aromatic carbocycles. The number of benzene rings is 1. The first-order valence-electron chi connectivity index (χ1n) is 4.50. The molecule has 1 heterocycles. The van der Waals surface area contributed by atoms with Crippen LogP contribution in [0.1, 0.15) is 25.0 Å². The highest BCUT2D eigenvalue weighted by Gasteiger charge is 2.29. The van der Waals surface area contributed by atoms with E-state index in [0.29, 0.717) is 0 Å². The van der Waals surface area contributed by atoms with E-state index in [4.69, 9.17) is 0 Å². The third-order valence-corrected chi connectivity index (χ3v) is 2.80. The van der Waals surface area contributed by atoms with Crippen molar-refractivity contribution < 1.29 is 0 Å². The highest BCUT2D eigenvalue weighted by molar-refractivity contribution is 5.83. The van der Waals surface area contributed by atoms with Crippen molar-refractivity contribution in [1.82, 2.24) is 5.01 Å². The predicted molar refractivity (Wildman–Crippen MR) is 54.8 cm³/mol. The molecule has 1 aliphatic heterocycles. The zero-order chi connectivity index (χ0) is 9.47. The minimum atomic E-state index is 0.00530. The highest BCUT2D eigenvalue weighted by atomic mass is 15.5. The molecule has 0 radical (unpaired) electrons. The van der Waals surface area contributed by atoms with Crippen LogP contribution in [0.4, 0.5) is 0 Å². The van der Waals surface area contributed by atoms with E-state index in [-0.39, 0.29) is 5.54 Å². The van der Waals surface area contributed by atoms with Gasteiger partial charge in [-0.2, -0.15) is 5.10 Å². The summed E-state index contributed by atoms with van der Waals surface area (Å²) in [6.45, 7) is 4.37. The molecule has 2 heteroatoms. The van der Waals surface area contributed by atoms with Crippen molar-refractivity contribution in [3.05, 3.63) is 35.4 Å². The quantitative estimate of drug-likeness (QED) is 0.588. The fraction of sp³-hybridized carbons (Fsp3) is 0.364. The van der Waals surface area contributed by atoms with Crippen LogP contribution in [0, 0.1) is 0 Å². The van der Waals surface area contributed by atoms with Gasteiger partial charge in [0, 0.05) is 12.6 Å². The average Bonchev–Trinajstić information content (AvgIpc) is 2.13. The lowest BCUT2D eigenvalue weighted by atomic mass is 9.89. The second-order valence-corrected chi connectivity index (χ2v) is 3.91. The highest BCUT2D eigenvalue weighted by Crippen LogP contribution is 2.31. The fourth-order valence-corrected chi connectivity index (χ4v) is 1.63. The monoisotopic (exact) mass is 174 g/mol. The summed E-state index contributed by atoms with van der Waals surface area (Å²) in [5, 5.41) is 6.33. The molecule has 0 amide bonds. The van der Waals surface area contributed by atoms with E-state index in [0.717, 1.165) is 0 Å². The Hall–Kier alpha value is -1.31. The molecule has 0 fully saturated rings. The number of rotatable bonds is 0. The second kappa shape index (κ2) is 2.59. The van der Waals surface area contributed by atoms with Gasteiger partial charge >= 0.3 is 0 Å². The summed E-state index contributed by atoms with van der Waals surface area (Å²) in [5.74, 6) is 0. The Balaban J connectivity index is 2.61. The molecule has 1 aliphatic rings. The van der Waals surface area contributed by atoms with E-state index in [2.05, 4.69) is 37.1 Å². The Morgan fingerprint density at radius 2 is 1.92 bits per heavy atom. The third kappa shape index (κ3) is 1.13. The average molecular weight is 174 g/mol. The van der Waals surface area contributed by atoms with Gasteiger partial charge in [-0.05, 0) is 19.4 Å². The lowest BCUT2D eigenvalue weighted by Crippen LogP contribution is -2.38. The molecule has 2 rings (SSSR count). The smallest absolute Gasteiger partial charge is 0.0774 e. The topological polar surface area (TPSA) is 15.6 Å². The maximum absolute atomic E-state index is 4.33. The van der Waals surface area contributed by atoms with Crippen LogP contribution in [0.3, 0.4) is 0 Å². The second-order valence-electron chi connectivity index (χ2n) is 3.91. The van der Waals surface area contributed by atoms with Gasteiger partial charge in [0.25, 0.3) is 0 Å². The Labute approximate surface area is 78.9 Å². The SMILES string of the molecule is CN1N=Cc2ccccc2C1(C)C. The first-order valence-corrected chi connectivity index (χ1v) is 4.50. The van der Waals surface area contributed by atoms with E-state index < -0.39 is 0 Å². The summed E-state index contributed by atoms with van der Waals surface area (Å²) >= 11 is 0. The molecule has 0 saturated heterocycles. The van der Waals surface area contributed by atoms with Crippen molar-refractivity contribution in [2.24, 2.45) is 5.10 Å². The van der Waals surface area contributed by atoms with E-state index in [1.54, 1.807) is 0 Å². The van der Waals surface area contributed by atoms with Crippen molar-refractivity contribution in [2.75, 3.05) is 7.05 Å². The lowest BCUT2D eigenvalue weighted by molar-refractivity contribution is 0.160. The van der Waals surface area contributed by atoms with Crippen molar-refractivity contribution in [1.29, 1.82) is 0 Å². The number of nitrogens with zero attached hydrogens (tertiary/aromatic N) is 2. The number of hydrazone groups is 1. The zero-order valence-corrected chi connectivity index (χ0v) is 8.28. The molecule has 0 saturated carbocycles. The van der Waals surface area contributed by atoms with E-state index in [1.165, 1.54) is 11.1 Å². The van der Waals surface area contributed by atoms with Crippen molar-refractivity contribution >= 4 is 6.21 Å². The van der Waals surface area contributed by atoms with Gasteiger partial charge in [-0.1, -0.05) is 24.3 Å². The van der Waals surface area contributed by atoms with Crippen LogP contribution in [-0.2, 0) is 5.54 Å². The van der Waals surface area contributed by atoms with Crippen LogP contribution in [0.15, 0.2) is 29.4 Å². The minimum absolute atomic E-state index is 0.00530. The molecule has 0 atom stereocenters. The molecular weight excluding hydrogens is 160 g/mol. The first-order chi connectivity index (χ1) is 6.12. The fourth-order valence-electron chi connectivity index (χ4n) is 1.63. The van der Waals surface area contributed by atoms with Gasteiger partial charge in [0.1, 0.15) is 0 Å². The summed E-state index contributed by atoms with van der Waals surface area (Å²) in [6, 6.07) is 8.39. The summed E-state index contributed by atoms with van der Waals surface area (Å²) in [4.78, 5) is 0. The third-order valence-electron chi connectivity index (χ3n) is 2.80. The summed E-state index contributed by atoms with van der Waals surface area (Å²) in [5.41, 5.74) is 2.57. The molecule has 2 nitrogen and oxygen atoms in total. The van der Waals surface area contributed by atoms with Crippen LogP contribution in [0.2, 0.25) is 0 Å². The van der Waals surface area contributed by atoms with Gasteiger partial charge < -0.3 is 0 Å². The van der Waals surface area contributed by atoms with Crippen molar-refractivity contribution in [3.63, 3.8) is 0 Å². The van der Waals surface area contributed by atoms with Gasteiger partial charge in [-0.3, -0.25) is 5.01 Å². The molecule has 0 aliphatic carbocycles. The van der Waals surface area contributed by atoms with Crippen LogP contribution in [-0.4, -0.2) is 18.3 Å². The molecule has 0 aromatic heterocycles. The largest absolute Gasteiger partial charge is 0.290 e. The van der Waals surface area contributed by atoms with Crippen LogP contribution in [0.5, 0.6) is 0 Å². The molecule has 0 bridgehead atoms. The number of hydrogen-bond donors (Lipinski definition) is 0. The Morgan fingerprint density at radius 1 is 1.23 bits per heavy atom. The maximum atomic E-state index is 4.33. The van der Waals surface area contributed by atoms with Gasteiger partial charge in [0.05, 0.1) is 11.8 Å². The standard InChI is InChI=1S/C11H14N2/c1-11(2)10-7-5-4-6-9(10)8-12-13(11)3/h4-8H,1-3H3. The predicted octanol–water partition coefficient (Wildman–Crippen LogP) is 2.20.